The Hall–Kier alpha value is -0.910. The molecule has 5 nitrogen and oxygen atoms in total. The van der Waals surface area contributed by atoms with Crippen molar-refractivity contribution in [2.75, 3.05) is 33.4 Å². The highest BCUT2D eigenvalue weighted by molar-refractivity contribution is 5.03. The van der Waals surface area contributed by atoms with Gasteiger partial charge in [0, 0.05) is 45.6 Å². The van der Waals surface area contributed by atoms with Crippen molar-refractivity contribution in [1.29, 1.82) is 0 Å². The fraction of sp³-hybridized carbons (Fsp3) is 0.700. The summed E-state index contributed by atoms with van der Waals surface area (Å²) in [5, 5.41) is 13.0. The summed E-state index contributed by atoms with van der Waals surface area (Å²) < 4.78 is 6.80. The second-order valence-corrected chi connectivity index (χ2v) is 3.51. The van der Waals surface area contributed by atoms with Crippen LogP contribution in [0.15, 0.2) is 12.4 Å². The highest BCUT2D eigenvalue weighted by Crippen LogP contribution is 2.02. The minimum absolute atomic E-state index is 0.171. The van der Waals surface area contributed by atoms with E-state index in [2.05, 4.69) is 10.00 Å². The van der Waals surface area contributed by atoms with Gasteiger partial charge in [-0.2, -0.15) is 5.10 Å². The summed E-state index contributed by atoms with van der Waals surface area (Å²) in [6.45, 7) is 3.15. The van der Waals surface area contributed by atoms with Crippen LogP contribution in [0.1, 0.15) is 5.56 Å². The summed E-state index contributed by atoms with van der Waals surface area (Å²) in [4.78, 5) is 2.14. The summed E-state index contributed by atoms with van der Waals surface area (Å²) >= 11 is 0. The van der Waals surface area contributed by atoms with Crippen LogP contribution in [0.3, 0.4) is 0 Å². The molecular formula is C10H19N3O2. The predicted octanol–water partition coefficient (Wildman–Crippen LogP) is -0.139. The third kappa shape index (κ3) is 4.42. The van der Waals surface area contributed by atoms with Crippen molar-refractivity contribution in [1.82, 2.24) is 14.7 Å². The van der Waals surface area contributed by atoms with E-state index in [1.807, 2.05) is 19.4 Å². The average molecular weight is 213 g/mol. The molecule has 1 aromatic heterocycles. The van der Waals surface area contributed by atoms with Gasteiger partial charge in [0.25, 0.3) is 0 Å². The maximum Gasteiger partial charge on any atom is 0.0589 e. The smallest absolute Gasteiger partial charge is 0.0589 e. The predicted molar refractivity (Wildman–Crippen MR) is 57.4 cm³/mol. The molecule has 15 heavy (non-hydrogen) atoms. The molecule has 0 fully saturated rings. The van der Waals surface area contributed by atoms with Gasteiger partial charge in [0.15, 0.2) is 0 Å². The Bertz CT molecular complexity index is 275. The highest BCUT2D eigenvalue weighted by atomic mass is 16.5. The zero-order valence-corrected chi connectivity index (χ0v) is 9.39. The van der Waals surface area contributed by atoms with E-state index in [0.29, 0.717) is 13.2 Å². The van der Waals surface area contributed by atoms with Crippen LogP contribution >= 0.6 is 0 Å². The maximum atomic E-state index is 8.92. The lowest BCUT2D eigenvalue weighted by Crippen LogP contribution is -2.29. The SMILES string of the molecule is COCCN(CCO)Cc1cnn(C)c1. The van der Waals surface area contributed by atoms with Crippen LogP contribution in [0.5, 0.6) is 0 Å². The van der Waals surface area contributed by atoms with E-state index in [-0.39, 0.29) is 6.61 Å². The van der Waals surface area contributed by atoms with Crippen LogP contribution in [-0.2, 0) is 18.3 Å². The molecule has 1 rings (SSSR count). The molecule has 1 aromatic rings. The van der Waals surface area contributed by atoms with Gasteiger partial charge in [-0.15, -0.1) is 0 Å². The van der Waals surface area contributed by atoms with Gasteiger partial charge >= 0.3 is 0 Å². The van der Waals surface area contributed by atoms with Crippen LogP contribution in [0.4, 0.5) is 0 Å². The lowest BCUT2D eigenvalue weighted by Gasteiger charge is -2.19. The Morgan fingerprint density at radius 1 is 1.53 bits per heavy atom. The third-order valence-electron chi connectivity index (χ3n) is 2.19. The van der Waals surface area contributed by atoms with Crippen molar-refractivity contribution in [2.45, 2.75) is 6.54 Å². The van der Waals surface area contributed by atoms with E-state index in [1.54, 1.807) is 11.8 Å². The van der Waals surface area contributed by atoms with E-state index in [9.17, 15) is 0 Å². The van der Waals surface area contributed by atoms with Crippen LogP contribution in [0.25, 0.3) is 0 Å². The lowest BCUT2D eigenvalue weighted by molar-refractivity contribution is 0.127. The van der Waals surface area contributed by atoms with Crippen LogP contribution in [0.2, 0.25) is 0 Å². The van der Waals surface area contributed by atoms with Gasteiger partial charge in [0.05, 0.1) is 19.4 Å². The van der Waals surface area contributed by atoms with E-state index in [4.69, 9.17) is 9.84 Å². The first-order valence-electron chi connectivity index (χ1n) is 5.06. The van der Waals surface area contributed by atoms with Gasteiger partial charge in [-0.1, -0.05) is 0 Å². The van der Waals surface area contributed by atoms with Crippen molar-refractivity contribution >= 4 is 0 Å². The second kappa shape index (κ2) is 6.55. The molecule has 5 heteroatoms. The molecular weight excluding hydrogens is 194 g/mol. The van der Waals surface area contributed by atoms with Gasteiger partial charge in [-0.25, -0.2) is 0 Å². The molecule has 0 unspecified atom stereocenters. The van der Waals surface area contributed by atoms with E-state index < -0.39 is 0 Å². The topological polar surface area (TPSA) is 50.5 Å². The Balaban J connectivity index is 2.42. The zero-order chi connectivity index (χ0) is 11.1. The standard InChI is InChI=1S/C10H19N3O2/c1-12-8-10(7-11-12)9-13(3-5-14)4-6-15-2/h7-8,14H,3-6,9H2,1-2H3. The quantitative estimate of drug-likeness (QED) is 0.685. The summed E-state index contributed by atoms with van der Waals surface area (Å²) in [5.41, 5.74) is 1.15. The monoisotopic (exact) mass is 213 g/mol. The van der Waals surface area contributed by atoms with Crippen molar-refractivity contribution in [2.24, 2.45) is 7.05 Å². The summed E-state index contributed by atoms with van der Waals surface area (Å²) in [6, 6.07) is 0. The highest BCUT2D eigenvalue weighted by Gasteiger charge is 2.06. The maximum absolute atomic E-state index is 8.92. The fourth-order valence-corrected chi connectivity index (χ4v) is 1.44. The Kier molecular flexibility index (Phi) is 5.31. The van der Waals surface area contributed by atoms with E-state index >= 15 is 0 Å². The minimum Gasteiger partial charge on any atom is -0.395 e. The summed E-state index contributed by atoms with van der Waals surface area (Å²) in [5.74, 6) is 0. The Labute approximate surface area is 90.3 Å². The number of aliphatic hydroxyl groups is 1. The molecule has 0 saturated heterocycles. The van der Waals surface area contributed by atoms with Gasteiger partial charge in [0.1, 0.15) is 0 Å². The molecule has 0 bridgehead atoms. The molecule has 0 saturated carbocycles. The zero-order valence-electron chi connectivity index (χ0n) is 9.39. The molecule has 0 atom stereocenters. The number of aliphatic hydroxyl groups excluding tert-OH is 1. The first kappa shape index (κ1) is 12.2. The Morgan fingerprint density at radius 3 is 2.87 bits per heavy atom. The molecule has 86 valence electrons. The number of methoxy groups -OCH3 is 1. The summed E-state index contributed by atoms with van der Waals surface area (Å²) in [6.07, 6.45) is 3.83. The molecule has 0 radical (unpaired) electrons. The van der Waals surface area contributed by atoms with Gasteiger partial charge in [-0.3, -0.25) is 9.58 Å². The van der Waals surface area contributed by atoms with E-state index in [0.717, 1.165) is 18.7 Å². The van der Waals surface area contributed by atoms with Crippen molar-refractivity contribution < 1.29 is 9.84 Å². The lowest BCUT2D eigenvalue weighted by atomic mass is 10.3. The fourth-order valence-electron chi connectivity index (χ4n) is 1.44. The number of hydrogen-bond donors (Lipinski definition) is 1. The largest absolute Gasteiger partial charge is 0.395 e. The van der Waals surface area contributed by atoms with E-state index in [1.165, 1.54) is 0 Å². The first-order chi connectivity index (χ1) is 7.26. The number of rotatable bonds is 7. The Morgan fingerprint density at radius 2 is 2.33 bits per heavy atom. The van der Waals surface area contributed by atoms with Crippen molar-refractivity contribution in [3.8, 4) is 0 Å². The van der Waals surface area contributed by atoms with Crippen LogP contribution in [0, 0.1) is 0 Å². The minimum atomic E-state index is 0.171. The molecule has 0 aliphatic heterocycles. The number of nitrogens with zero attached hydrogens (tertiary/aromatic N) is 3. The molecule has 0 aliphatic carbocycles. The van der Waals surface area contributed by atoms with Gasteiger partial charge in [-0.05, 0) is 0 Å². The number of aryl methyl sites for hydroxylation is 1. The first-order valence-corrected chi connectivity index (χ1v) is 5.06. The molecule has 1 N–H and O–H groups in total. The van der Waals surface area contributed by atoms with Crippen LogP contribution in [-0.4, -0.2) is 53.2 Å². The molecule has 0 aromatic carbocycles. The third-order valence-corrected chi connectivity index (χ3v) is 2.19. The molecule has 0 spiro atoms. The van der Waals surface area contributed by atoms with Crippen LogP contribution < -0.4 is 0 Å². The number of hydrogen-bond acceptors (Lipinski definition) is 4. The van der Waals surface area contributed by atoms with Crippen molar-refractivity contribution in [3.63, 3.8) is 0 Å². The van der Waals surface area contributed by atoms with Gasteiger partial charge in [0.2, 0.25) is 0 Å². The second-order valence-electron chi connectivity index (χ2n) is 3.51. The normalized spacial score (nSPS) is 11.2. The molecule has 0 aliphatic rings. The summed E-state index contributed by atoms with van der Waals surface area (Å²) in [7, 11) is 3.58. The van der Waals surface area contributed by atoms with Crippen molar-refractivity contribution in [3.05, 3.63) is 18.0 Å². The average Bonchev–Trinajstić information content (AvgIpc) is 2.61. The van der Waals surface area contributed by atoms with Gasteiger partial charge < -0.3 is 9.84 Å². The molecule has 1 heterocycles. The number of ether oxygens (including phenoxy) is 1. The molecule has 0 amide bonds. The number of aromatic nitrogens is 2.